The normalized spacial score (nSPS) is 14.4. The van der Waals surface area contributed by atoms with Gasteiger partial charge in [0.15, 0.2) is 10.3 Å². The number of hydrogen-bond donors (Lipinski definition) is 1. The number of thiazole rings is 1. The lowest BCUT2D eigenvalue weighted by Gasteiger charge is -2.21. The monoisotopic (exact) mass is 463 g/mol. The topological polar surface area (TPSA) is 99.0 Å². The predicted octanol–water partition coefficient (Wildman–Crippen LogP) is 3.88. The second kappa shape index (κ2) is 12.0. The van der Waals surface area contributed by atoms with E-state index in [4.69, 9.17) is 4.74 Å². The second-order valence-electron chi connectivity index (χ2n) is 7.47. The summed E-state index contributed by atoms with van der Waals surface area (Å²) in [4.78, 5) is 28.2. The number of aromatic nitrogens is 4. The summed E-state index contributed by atoms with van der Waals surface area (Å²) in [5, 5.41) is 14.4. The maximum atomic E-state index is 12.4. The molecule has 168 valence electrons. The lowest BCUT2D eigenvalue weighted by Crippen LogP contribution is -2.16. The molecule has 1 saturated carbocycles. The van der Waals surface area contributed by atoms with Crippen LogP contribution >= 0.6 is 23.1 Å². The highest BCUT2D eigenvalue weighted by atomic mass is 32.2. The third kappa shape index (κ3) is 7.17. The van der Waals surface area contributed by atoms with Crippen molar-refractivity contribution in [1.29, 1.82) is 0 Å². The molecule has 0 saturated heterocycles. The Morgan fingerprint density at radius 1 is 1.35 bits per heavy atom. The molecular formula is C21H29N5O3S2. The molecule has 8 nitrogen and oxygen atoms in total. The van der Waals surface area contributed by atoms with Crippen molar-refractivity contribution in [1.82, 2.24) is 19.7 Å². The smallest absolute Gasteiger partial charge is 0.311 e. The van der Waals surface area contributed by atoms with Gasteiger partial charge >= 0.3 is 5.97 Å². The van der Waals surface area contributed by atoms with Gasteiger partial charge in [-0.25, -0.2) is 4.98 Å². The summed E-state index contributed by atoms with van der Waals surface area (Å²) < 4.78 is 6.97. The van der Waals surface area contributed by atoms with E-state index in [0.717, 1.165) is 17.4 Å². The Bertz CT molecular complexity index is 889. The van der Waals surface area contributed by atoms with Crippen molar-refractivity contribution < 1.29 is 14.3 Å². The van der Waals surface area contributed by atoms with Crippen molar-refractivity contribution in [3.05, 3.63) is 29.6 Å². The number of carbonyl (C=O) groups excluding carboxylic acids is 2. The van der Waals surface area contributed by atoms with Crippen LogP contribution in [0, 0.1) is 5.92 Å². The highest BCUT2D eigenvalue weighted by Crippen LogP contribution is 2.28. The van der Waals surface area contributed by atoms with Crippen LogP contribution in [0.25, 0.3) is 0 Å². The maximum Gasteiger partial charge on any atom is 0.311 e. The number of carbonyl (C=O) groups is 2. The largest absolute Gasteiger partial charge is 0.466 e. The van der Waals surface area contributed by atoms with Gasteiger partial charge in [0.05, 0.1) is 24.5 Å². The number of rotatable bonds is 11. The lowest BCUT2D eigenvalue weighted by molar-refractivity contribution is -0.142. The van der Waals surface area contributed by atoms with E-state index in [2.05, 4.69) is 31.6 Å². The molecule has 0 aliphatic heterocycles. The first-order valence-electron chi connectivity index (χ1n) is 10.6. The molecule has 10 heteroatoms. The van der Waals surface area contributed by atoms with E-state index in [1.165, 1.54) is 55.2 Å². The molecule has 0 aromatic carbocycles. The number of thioether (sulfide) groups is 1. The first-order chi connectivity index (χ1) is 15.1. The zero-order valence-electron chi connectivity index (χ0n) is 17.8. The lowest BCUT2D eigenvalue weighted by atomic mass is 9.87. The molecule has 31 heavy (non-hydrogen) atoms. The summed E-state index contributed by atoms with van der Waals surface area (Å²) in [5.41, 5.74) is 0.587. The SMILES string of the molecule is C=CCn1c(CC2CCCCC2)nnc1SCC(=O)Nc1nc(CC(=O)OCC)cs1. The number of allylic oxidation sites excluding steroid dienone is 1. The number of nitrogens with zero attached hydrogens (tertiary/aromatic N) is 4. The maximum absolute atomic E-state index is 12.4. The first kappa shape index (κ1) is 23.5. The molecule has 3 rings (SSSR count). The van der Waals surface area contributed by atoms with Gasteiger partial charge in [0, 0.05) is 18.3 Å². The fraction of sp³-hybridized carbons (Fsp3) is 0.571. The summed E-state index contributed by atoms with van der Waals surface area (Å²) in [6.07, 6.45) is 9.27. The van der Waals surface area contributed by atoms with Crippen molar-refractivity contribution in [3.63, 3.8) is 0 Å². The molecule has 2 heterocycles. The zero-order chi connectivity index (χ0) is 22.1. The van der Waals surface area contributed by atoms with E-state index in [-0.39, 0.29) is 24.1 Å². The summed E-state index contributed by atoms with van der Waals surface area (Å²) >= 11 is 2.64. The van der Waals surface area contributed by atoms with Gasteiger partial charge in [0.2, 0.25) is 5.91 Å². The van der Waals surface area contributed by atoms with Crippen LogP contribution in [0.1, 0.15) is 50.5 Å². The van der Waals surface area contributed by atoms with Gasteiger partial charge < -0.3 is 14.6 Å². The molecule has 0 spiro atoms. The average molecular weight is 464 g/mol. The Balaban J connectivity index is 1.53. The fourth-order valence-corrected chi connectivity index (χ4v) is 5.12. The quantitative estimate of drug-likeness (QED) is 0.307. The number of ether oxygens (including phenoxy) is 1. The Hall–Kier alpha value is -2.20. The van der Waals surface area contributed by atoms with Crippen LogP contribution in [-0.4, -0.2) is 44.0 Å². The van der Waals surface area contributed by atoms with Crippen LogP contribution in [0.5, 0.6) is 0 Å². The summed E-state index contributed by atoms with van der Waals surface area (Å²) in [7, 11) is 0. The molecule has 0 unspecified atom stereocenters. The van der Waals surface area contributed by atoms with Crippen molar-refractivity contribution in [2.45, 2.75) is 63.6 Å². The molecule has 1 N–H and O–H groups in total. The minimum Gasteiger partial charge on any atom is -0.466 e. The zero-order valence-corrected chi connectivity index (χ0v) is 19.5. The minimum absolute atomic E-state index is 0.101. The summed E-state index contributed by atoms with van der Waals surface area (Å²) in [5.74, 6) is 1.33. The molecule has 1 amide bonds. The van der Waals surface area contributed by atoms with E-state index >= 15 is 0 Å². The van der Waals surface area contributed by atoms with Gasteiger partial charge in [-0.05, 0) is 12.8 Å². The number of hydrogen-bond acceptors (Lipinski definition) is 8. The number of esters is 1. The molecule has 0 bridgehead atoms. The van der Waals surface area contributed by atoms with Crippen molar-refractivity contribution >= 4 is 40.1 Å². The van der Waals surface area contributed by atoms with Crippen LogP contribution in [0.15, 0.2) is 23.2 Å². The first-order valence-corrected chi connectivity index (χ1v) is 12.5. The number of nitrogens with one attached hydrogen (secondary N) is 1. The van der Waals surface area contributed by atoms with Gasteiger partial charge in [-0.2, -0.15) is 0 Å². The number of anilines is 1. The van der Waals surface area contributed by atoms with Gasteiger partial charge in [-0.1, -0.05) is 49.9 Å². The van der Waals surface area contributed by atoms with Gasteiger partial charge in [0.1, 0.15) is 5.82 Å². The van der Waals surface area contributed by atoms with Crippen molar-refractivity contribution in [3.8, 4) is 0 Å². The van der Waals surface area contributed by atoms with Gasteiger partial charge in [-0.3, -0.25) is 9.59 Å². The van der Waals surface area contributed by atoms with Crippen LogP contribution in [-0.2, 0) is 33.7 Å². The average Bonchev–Trinajstić information content (AvgIpc) is 3.34. The molecule has 2 aromatic rings. The highest BCUT2D eigenvalue weighted by Gasteiger charge is 2.20. The summed E-state index contributed by atoms with van der Waals surface area (Å²) in [6.45, 7) is 6.57. The standard InChI is InChI=1S/C21H29N5O3S2/c1-3-10-26-17(11-15-8-6-5-7-9-15)24-25-21(26)31-14-18(27)23-20-22-16(13-30-20)12-19(28)29-4-2/h3,13,15H,1,4-12,14H2,2H3,(H,22,23,27). The van der Waals surface area contributed by atoms with Gasteiger partial charge in [0.25, 0.3) is 0 Å². The Morgan fingerprint density at radius 3 is 2.90 bits per heavy atom. The van der Waals surface area contributed by atoms with Crippen LogP contribution < -0.4 is 5.32 Å². The van der Waals surface area contributed by atoms with Crippen molar-refractivity contribution in [2.24, 2.45) is 5.92 Å². The summed E-state index contributed by atoms with van der Waals surface area (Å²) in [6, 6.07) is 0. The predicted molar refractivity (Wildman–Crippen MR) is 122 cm³/mol. The van der Waals surface area contributed by atoms with Crippen LogP contribution in [0.2, 0.25) is 0 Å². The third-order valence-electron chi connectivity index (χ3n) is 5.06. The van der Waals surface area contributed by atoms with Gasteiger partial charge in [-0.15, -0.1) is 28.1 Å². The molecule has 0 atom stereocenters. The van der Waals surface area contributed by atoms with E-state index in [9.17, 15) is 9.59 Å². The van der Waals surface area contributed by atoms with Crippen LogP contribution in [0.4, 0.5) is 5.13 Å². The Kier molecular flexibility index (Phi) is 9.08. The molecule has 1 aliphatic rings. The third-order valence-corrected chi connectivity index (χ3v) is 6.84. The minimum atomic E-state index is -0.327. The Labute approximate surface area is 190 Å². The molecule has 1 aliphatic carbocycles. The van der Waals surface area contributed by atoms with E-state index in [1.54, 1.807) is 12.3 Å². The molecule has 1 fully saturated rings. The molecular weight excluding hydrogens is 434 g/mol. The van der Waals surface area contributed by atoms with Crippen LogP contribution in [0.3, 0.4) is 0 Å². The Morgan fingerprint density at radius 2 is 2.16 bits per heavy atom. The highest BCUT2D eigenvalue weighted by molar-refractivity contribution is 7.99. The molecule has 2 aromatic heterocycles. The van der Waals surface area contributed by atoms with E-state index in [0.29, 0.717) is 29.9 Å². The second-order valence-corrected chi connectivity index (χ2v) is 9.27. The fourth-order valence-electron chi connectivity index (χ4n) is 3.63. The molecule has 0 radical (unpaired) electrons. The van der Waals surface area contributed by atoms with E-state index in [1.807, 2.05) is 6.08 Å². The number of amides is 1. The van der Waals surface area contributed by atoms with E-state index < -0.39 is 0 Å². The van der Waals surface area contributed by atoms with Crippen molar-refractivity contribution in [2.75, 3.05) is 17.7 Å².